The molecule has 0 aliphatic carbocycles. The van der Waals surface area contributed by atoms with E-state index in [9.17, 15) is 13.2 Å². The van der Waals surface area contributed by atoms with Gasteiger partial charge in [0.25, 0.3) is 10.0 Å². The summed E-state index contributed by atoms with van der Waals surface area (Å²) in [6, 6.07) is 10.5. The normalized spacial score (nSPS) is 11.3. The standard InChI is InChI=1S/C18H19N3O3S3/c1-13-4-7-16(8-5-13)27(23,24)21-18-20-14(12-26-18)6-9-17(22)19-11-15-3-2-10-25-15/h2-5,7-8,10,12H,6,9,11H2,1H3,(H,19,22)(H,20,21). The fourth-order valence-electron chi connectivity index (χ4n) is 2.29. The Hall–Kier alpha value is -2.23. The fourth-order valence-corrected chi connectivity index (χ4v) is 4.93. The number of anilines is 1. The molecule has 0 unspecified atom stereocenters. The van der Waals surface area contributed by atoms with Crippen LogP contribution in [-0.2, 0) is 27.8 Å². The number of benzene rings is 1. The number of nitrogens with one attached hydrogen (secondary N) is 2. The SMILES string of the molecule is Cc1ccc(S(=O)(=O)Nc2nc(CCC(=O)NCc3cccs3)cs2)cc1. The second-order valence-electron chi connectivity index (χ2n) is 5.92. The number of nitrogens with zero attached hydrogens (tertiary/aromatic N) is 1. The average Bonchev–Trinajstić information content (AvgIpc) is 3.30. The number of rotatable bonds is 8. The van der Waals surface area contributed by atoms with Crippen LogP contribution in [0.4, 0.5) is 5.13 Å². The molecule has 3 rings (SSSR count). The topological polar surface area (TPSA) is 88.2 Å². The van der Waals surface area contributed by atoms with Crippen LogP contribution in [0.1, 0.15) is 22.6 Å². The van der Waals surface area contributed by atoms with E-state index in [-0.39, 0.29) is 10.8 Å². The van der Waals surface area contributed by atoms with Crippen molar-refractivity contribution in [3.05, 3.63) is 63.3 Å². The molecule has 0 saturated carbocycles. The van der Waals surface area contributed by atoms with Crippen molar-refractivity contribution in [1.82, 2.24) is 10.3 Å². The number of thiazole rings is 1. The van der Waals surface area contributed by atoms with Gasteiger partial charge in [0.05, 0.1) is 17.1 Å². The van der Waals surface area contributed by atoms with E-state index in [0.29, 0.717) is 30.2 Å². The maximum absolute atomic E-state index is 12.4. The lowest BCUT2D eigenvalue weighted by molar-refractivity contribution is -0.121. The van der Waals surface area contributed by atoms with Crippen LogP contribution in [0.5, 0.6) is 0 Å². The summed E-state index contributed by atoms with van der Waals surface area (Å²) in [6.45, 7) is 2.42. The van der Waals surface area contributed by atoms with Crippen molar-refractivity contribution in [2.45, 2.75) is 31.2 Å². The summed E-state index contributed by atoms with van der Waals surface area (Å²) in [7, 11) is -3.66. The predicted octanol–water partition coefficient (Wildman–Crippen LogP) is 3.56. The maximum atomic E-state index is 12.4. The van der Waals surface area contributed by atoms with Gasteiger partial charge in [0.2, 0.25) is 5.91 Å². The lowest BCUT2D eigenvalue weighted by Crippen LogP contribution is -2.22. The number of carbonyl (C=O) groups excluding carboxylic acids is 1. The van der Waals surface area contributed by atoms with Crippen LogP contribution in [0.2, 0.25) is 0 Å². The molecule has 0 bridgehead atoms. The van der Waals surface area contributed by atoms with E-state index in [2.05, 4.69) is 15.0 Å². The fraction of sp³-hybridized carbons (Fsp3) is 0.222. The average molecular weight is 422 g/mol. The highest BCUT2D eigenvalue weighted by molar-refractivity contribution is 7.93. The summed E-state index contributed by atoms with van der Waals surface area (Å²) in [5.41, 5.74) is 1.68. The van der Waals surface area contributed by atoms with E-state index in [4.69, 9.17) is 0 Å². The number of hydrogen-bond acceptors (Lipinski definition) is 6. The molecule has 2 N–H and O–H groups in total. The molecule has 0 fully saturated rings. The second-order valence-corrected chi connectivity index (χ2v) is 9.49. The summed E-state index contributed by atoms with van der Waals surface area (Å²) in [5.74, 6) is -0.0572. The Kier molecular flexibility index (Phi) is 6.25. The van der Waals surface area contributed by atoms with Crippen LogP contribution >= 0.6 is 22.7 Å². The van der Waals surface area contributed by atoms with E-state index < -0.39 is 10.0 Å². The number of amides is 1. The first kappa shape index (κ1) is 19.5. The van der Waals surface area contributed by atoms with Gasteiger partial charge in [-0.05, 0) is 36.9 Å². The minimum absolute atomic E-state index is 0.0572. The molecule has 2 aromatic heterocycles. The van der Waals surface area contributed by atoms with Crippen LogP contribution in [0.15, 0.2) is 52.1 Å². The summed E-state index contributed by atoms with van der Waals surface area (Å²) >= 11 is 2.80. The minimum atomic E-state index is -3.66. The van der Waals surface area contributed by atoms with Crippen LogP contribution < -0.4 is 10.0 Å². The number of thiophene rings is 1. The Labute approximate surface area is 166 Å². The van der Waals surface area contributed by atoms with Crippen molar-refractivity contribution in [3.8, 4) is 0 Å². The van der Waals surface area contributed by atoms with Crippen molar-refractivity contribution in [3.63, 3.8) is 0 Å². The number of aryl methyl sites for hydroxylation is 2. The smallest absolute Gasteiger partial charge is 0.263 e. The lowest BCUT2D eigenvalue weighted by atomic mass is 10.2. The molecule has 9 heteroatoms. The molecule has 6 nitrogen and oxygen atoms in total. The third kappa shape index (κ3) is 5.62. The molecule has 0 aliphatic rings. The third-order valence-corrected chi connectivity index (χ3v) is 6.92. The Bertz CT molecular complexity index is 994. The summed E-state index contributed by atoms with van der Waals surface area (Å²) in [5, 5.41) is 6.89. The summed E-state index contributed by atoms with van der Waals surface area (Å²) in [4.78, 5) is 17.5. The quantitative estimate of drug-likeness (QED) is 0.582. The summed E-state index contributed by atoms with van der Waals surface area (Å²) in [6.07, 6.45) is 0.762. The van der Waals surface area contributed by atoms with Gasteiger partial charge >= 0.3 is 0 Å². The molecule has 1 amide bonds. The van der Waals surface area contributed by atoms with Crippen LogP contribution in [-0.4, -0.2) is 19.3 Å². The second kappa shape index (κ2) is 8.64. The van der Waals surface area contributed by atoms with Crippen LogP contribution in [0.3, 0.4) is 0 Å². The molecule has 0 atom stereocenters. The van der Waals surface area contributed by atoms with Gasteiger partial charge in [-0.3, -0.25) is 9.52 Å². The van der Waals surface area contributed by atoms with Crippen molar-refractivity contribution in [2.75, 3.05) is 4.72 Å². The number of hydrogen-bond donors (Lipinski definition) is 2. The highest BCUT2D eigenvalue weighted by Crippen LogP contribution is 2.21. The Morgan fingerprint density at radius 3 is 2.63 bits per heavy atom. The minimum Gasteiger partial charge on any atom is -0.351 e. The van der Waals surface area contributed by atoms with Gasteiger partial charge in [-0.15, -0.1) is 22.7 Å². The van der Waals surface area contributed by atoms with E-state index in [1.54, 1.807) is 41.0 Å². The van der Waals surface area contributed by atoms with E-state index in [1.165, 1.54) is 11.3 Å². The monoisotopic (exact) mass is 421 g/mol. The molecule has 0 spiro atoms. The van der Waals surface area contributed by atoms with Crippen molar-refractivity contribution in [2.24, 2.45) is 0 Å². The van der Waals surface area contributed by atoms with Gasteiger partial charge in [-0.25, -0.2) is 13.4 Å². The molecule has 2 heterocycles. The number of aromatic nitrogens is 1. The third-order valence-electron chi connectivity index (χ3n) is 3.75. The van der Waals surface area contributed by atoms with Crippen molar-refractivity contribution >= 4 is 43.7 Å². The van der Waals surface area contributed by atoms with Gasteiger partial charge in [-0.1, -0.05) is 23.8 Å². The van der Waals surface area contributed by atoms with E-state index in [0.717, 1.165) is 10.4 Å². The Morgan fingerprint density at radius 2 is 1.93 bits per heavy atom. The largest absolute Gasteiger partial charge is 0.351 e. The van der Waals surface area contributed by atoms with Crippen molar-refractivity contribution in [1.29, 1.82) is 0 Å². The summed E-state index contributed by atoms with van der Waals surface area (Å²) < 4.78 is 27.2. The Balaban J connectivity index is 1.52. The first-order chi connectivity index (χ1) is 12.9. The highest BCUT2D eigenvalue weighted by Gasteiger charge is 2.16. The first-order valence-corrected chi connectivity index (χ1v) is 11.5. The van der Waals surface area contributed by atoms with Gasteiger partial charge in [0.1, 0.15) is 0 Å². The molecule has 27 heavy (non-hydrogen) atoms. The van der Waals surface area contributed by atoms with Gasteiger partial charge in [0.15, 0.2) is 5.13 Å². The first-order valence-electron chi connectivity index (χ1n) is 8.25. The van der Waals surface area contributed by atoms with Gasteiger partial charge in [0, 0.05) is 16.7 Å². The molecule has 0 aliphatic heterocycles. The molecular formula is C18H19N3O3S3. The molecule has 3 aromatic rings. The molecular weight excluding hydrogens is 402 g/mol. The van der Waals surface area contributed by atoms with Gasteiger partial charge in [-0.2, -0.15) is 0 Å². The zero-order chi connectivity index (χ0) is 19.3. The molecule has 0 saturated heterocycles. The highest BCUT2D eigenvalue weighted by atomic mass is 32.2. The zero-order valence-corrected chi connectivity index (χ0v) is 17.1. The molecule has 0 radical (unpaired) electrons. The van der Waals surface area contributed by atoms with Crippen LogP contribution in [0, 0.1) is 6.92 Å². The number of sulfonamides is 1. The Morgan fingerprint density at radius 1 is 1.15 bits per heavy atom. The molecule has 142 valence electrons. The predicted molar refractivity (Wildman–Crippen MR) is 109 cm³/mol. The van der Waals surface area contributed by atoms with E-state index in [1.807, 2.05) is 24.4 Å². The van der Waals surface area contributed by atoms with Gasteiger partial charge < -0.3 is 5.32 Å². The van der Waals surface area contributed by atoms with Crippen molar-refractivity contribution < 1.29 is 13.2 Å². The number of carbonyl (C=O) groups is 1. The molecule has 1 aromatic carbocycles. The van der Waals surface area contributed by atoms with E-state index >= 15 is 0 Å². The zero-order valence-electron chi connectivity index (χ0n) is 14.6. The van der Waals surface area contributed by atoms with Crippen LogP contribution in [0.25, 0.3) is 0 Å². The lowest BCUT2D eigenvalue weighted by Gasteiger charge is -2.05. The maximum Gasteiger partial charge on any atom is 0.263 e.